The van der Waals surface area contributed by atoms with Crippen molar-refractivity contribution >= 4 is 0 Å². The van der Waals surface area contributed by atoms with E-state index >= 15 is 0 Å². The molecule has 20 heavy (non-hydrogen) atoms. The first kappa shape index (κ1) is 16.3. The van der Waals surface area contributed by atoms with E-state index < -0.39 is 0 Å². The summed E-state index contributed by atoms with van der Waals surface area (Å²) in [4.78, 5) is 0. The fourth-order valence-corrected chi connectivity index (χ4v) is 1.89. The SMILES string of the molecule is CCOc1ccc(CNCCCCC#N)cc1OCC. The van der Waals surface area contributed by atoms with Crippen molar-refractivity contribution in [1.82, 2.24) is 5.32 Å². The second-order valence-electron chi connectivity index (χ2n) is 4.44. The molecule has 0 aliphatic heterocycles. The summed E-state index contributed by atoms with van der Waals surface area (Å²) in [6, 6.07) is 8.19. The molecule has 0 atom stereocenters. The number of unbranched alkanes of at least 4 members (excludes halogenated alkanes) is 2. The predicted molar refractivity (Wildman–Crippen MR) is 80.0 cm³/mol. The van der Waals surface area contributed by atoms with Gasteiger partial charge in [0.05, 0.1) is 19.3 Å². The fraction of sp³-hybridized carbons (Fsp3) is 0.562. The van der Waals surface area contributed by atoms with Crippen molar-refractivity contribution in [3.05, 3.63) is 23.8 Å². The number of hydrogen-bond acceptors (Lipinski definition) is 4. The zero-order chi connectivity index (χ0) is 14.6. The molecule has 0 aromatic heterocycles. The van der Waals surface area contributed by atoms with Crippen LogP contribution in [0.1, 0.15) is 38.7 Å². The van der Waals surface area contributed by atoms with E-state index in [-0.39, 0.29) is 0 Å². The molecule has 0 unspecified atom stereocenters. The zero-order valence-corrected chi connectivity index (χ0v) is 12.4. The first-order valence-corrected chi connectivity index (χ1v) is 7.28. The molecule has 0 aliphatic carbocycles. The largest absolute Gasteiger partial charge is 0.490 e. The molecule has 0 saturated carbocycles. The first-order chi connectivity index (χ1) is 9.81. The predicted octanol–water partition coefficient (Wildman–Crippen LogP) is 3.27. The third kappa shape index (κ3) is 5.94. The van der Waals surface area contributed by atoms with Gasteiger partial charge in [0.1, 0.15) is 0 Å². The van der Waals surface area contributed by atoms with Gasteiger partial charge in [-0.3, -0.25) is 0 Å². The maximum Gasteiger partial charge on any atom is 0.161 e. The lowest BCUT2D eigenvalue weighted by Gasteiger charge is -2.12. The van der Waals surface area contributed by atoms with Gasteiger partial charge < -0.3 is 14.8 Å². The molecule has 0 saturated heterocycles. The van der Waals surface area contributed by atoms with E-state index in [4.69, 9.17) is 14.7 Å². The lowest BCUT2D eigenvalue weighted by Crippen LogP contribution is -2.14. The Morgan fingerprint density at radius 2 is 1.85 bits per heavy atom. The molecule has 1 aromatic rings. The molecule has 0 radical (unpaired) electrons. The van der Waals surface area contributed by atoms with E-state index in [1.54, 1.807) is 0 Å². The zero-order valence-electron chi connectivity index (χ0n) is 12.4. The van der Waals surface area contributed by atoms with Gasteiger partial charge in [0.25, 0.3) is 0 Å². The second kappa shape index (κ2) is 10.1. The molecule has 1 rings (SSSR count). The van der Waals surface area contributed by atoms with E-state index in [0.29, 0.717) is 19.6 Å². The Kier molecular flexibility index (Phi) is 8.25. The van der Waals surface area contributed by atoms with Crippen molar-refractivity contribution in [3.8, 4) is 17.6 Å². The summed E-state index contributed by atoms with van der Waals surface area (Å²) < 4.78 is 11.1. The maximum absolute atomic E-state index is 8.46. The smallest absolute Gasteiger partial charge is 0.161 e. The molecule has 4 nitrogen and oxygen atoms in total. The third-order valence-electron chi connectivity index (χ3n) is 2.83. The summed E-state index contributed by atoms with van der Waals surface area (Å²) >= 11 is 0. The van der Waals surface area contributed by atoms with Gasteiger partial charge in [-0.2, -0.15) is 5.26 Å². The number of ether oxygens (including phenoxy) is 2. The average Bonchev–Trinajstić information content (AvgIpc) is 2.46. The lowest BCUT2D eigenvalue weighted by molar-refractivity contribution is 0.287. The normalized spacial score (nSPS) is 10.1. The minimum absolute atomic E-state index is 0.630. The van der Waals surface area contributed by atoms with Crippen LogP contribution >= 0.6 is 0 Å². The van der Waals surface area contributed by atoms with Crippen LogP contribution in [0.2, 0.25) is 0 Å². The summed E-state index contributed by atoms with van der Waals surface area (Å²) in [6.45, 7) is 6.93. The molecule has 0 aliphatic rings. The molecule has 0 heterocycles. The Labute approximate surface area is 121 Å². The van der Waals surface area contributed by atoms with Gasteiger partial charge in [-0.25, -0.2) is 0 Å². The Morgan fingerprint density at radius 3 is 2.55 bits per heavy atom. The van der Waals surface area contributed by atoms with E-state index in [2.05, 4.69) is 17.5 Å². The van der Waals surface area contributed by atoms with Crippen LogP contribution in [0, 0.1) is 11.3 Å². The summed E-state index contributed by atoms with van der Waals surface area (Å²) in [5, 5.41) is 11.8. The van der Waals surface area contributed by atoms with Crippen molar-refractivity contribution in [1.29, 1.82) is 5.26 Å². The summed E-state index contributed by atoms with van der Waals surface area (Å²) in [5.41, 5.74) is 1.18. The number of nitrogens with one attached hydrogen (secondary N) is 1. The molecule has 110 valence electrons. The minimum atomic E-state index is 0.630. The number of nitrogens with zero attached hydrogens (tertiary/aromatic N) is 1. The Hall–Kier alpha value is -1.73. The average molecular weight is 276 g/mol. The number of nitriles is 1. The van der Waals surface area contributed by atoms with Crippen molar-refractivity contribution in [3.63, 3.8) is 0 Å². The van der Waals surface area contributed by atoms with Gasteiger partial charge in [0, 0.05) is 13.0 Å². The summed E-state index contributed by atoms with van der Waals surface area (Å²) in [7, 11) is 0. The van der Waals surface area contributed by atoms with Crippen LogP contribution in [0.3, 0.4) is 0 Å². The van der Waals surface area contributed by atoms with E-state index in [1.807, 2.05) is 26.0 Å². The molecular formula is C16H24N2O2. The topological polar surface area (TPSA) is 54.3 Å². The quantitative estimate of drug-likeness (QED) is 0.666. The van der Waals surface area contributed by atoms with Crippen LogP contribution in [0.25, 0.3) is 0 Å². The van der Waals surface area contributed by atoms with E-state index in [1.165, 1.54) is 5.56 Å². The Morgan fingerprint density at radius 1 is 1.10 bits per heavy atom. The van der Waals surface area contributed by atoms with Crippen LogP contribution in [0.5, 0.6) is 11.5 Å². The van der Waals surface area contributed by atoms with Gasteiger partial charge in [0.15, 0.2) is 11.5 Å². The highest BCUT2D eigenvalue weighted by Crippen LogP contribution is 2.28. The van der Waals surface area contributed by atoms with Gasteiger partial charge in [0.2, 0.25) is 0 Å². The highest BCUT2D eigenvalue weighted by molar-refractivity contribution is 5.43. The molecule has 0 amide bonds. The molecule has 4 heteroatoms. The van der Waals surface area contributed by atoms with Gasteiger partial charge >= 0.3 is 0 Å². The van der Waals surface area contributed by atoms with Crippen molar-refractivity contribution in [2.75, 3.05) is 19.8 Å². The van der Waals surface area contributed by atoms with Crippen molar-refractivity contribution < 1.29 is 9.47 Å². The van der Waals surface area contributed by atoms with Crippen LogP contribution < -0.4 is 14.8 Å². The Bertz CT molecular complexity index is 427. The van der Waals surface area contributed by atoms with Crippen LogP contribution in [0.15, 0.2) is 18.2 Å². The molecule has 0 fully saturated rings. The van der Waals surface area contributed by atoms with Crippen molar-refractivity contribution in [2.45, 2.75) is 39.7 Å². The molecule has 1 aromatic carbocycles. The van der Waals surface area contributed by atoms with Crippen molar-refractivity contribution in [2.24, 2.45) is 0 Å². The number of rotatable bonds is 10. The highest BCUT2D eigenvalue weighted by Gasteiger charge is 2.05. The standard InChI is InChI=1S/C16H24N2O2/c1-3-19-15-9-8-14(12-16(15)20-4-2)13-18-11-7-5-6-10-17/h8-9,12,18H,3-7,11,13H2,1-2H3. The van der Waals surface area contributed by atoms with Crippen LogP contribution in [0.4, 0.5) is 0 Å². The van der Waals surface area contributed by atoms with Gasteiger partial charge in [-0.05, 0) is 50.9 Å². The van der Waals surface area contributed by atoms with E-state index in [0.717, 1.165) is 37.4 Å². The maximum atomic E-state index is 8.46. The first-order valence-electron chi connectivity index (χ1n) is 7.28. The summed E-state index contributed by atoms with van der Waals surface area (Å²) in [6.07, 6.45) is 2.62. The van der Waals surface area contributed by atoms with Gasteiger partial charge in [-0.1, -0.05) is 6.07 Å². The monoisotopic (exact) mass is 276 g/mol. The molecule has 0 bridgehead atoms. The molecule has 1 N–H and O–H groups in total. The molecule has 0 spiro atoms. The van der Waals surface area contributed by atoms with Crippen LogP contribution in [-0.4, -0.2) is 19.8 Å². The second-order valence-corrected chi connectivity index (χ2v) is 4.44. The fourth-order valence-electron chi connectivity index (χ4n) is 1.89. The third-order valence-corrected chi connectivity index (χ3v) is 2.83. The summed E-state index contributed by atoms with van der Waals surface area (Å²) in [5.74, 6) is 1.60. The number of hydrogen-bond donors (Lipinski definition) is 1. The lowest BCUT2D eigenvalue weighted by atomic mass is 10.2. The highest BCUT2D eigenvalue weighted by atomic mass is 16.5. The van der Waals surface area contributed by atoms with Gasteiger partial charge in [-0.15, -0.1) is 0 Å². The minimum Gasteiger partial charge on any atom is -0.490 e. The number of benzene rings is 1. The van der Waals surface area contributed by atoms with E-state index in [9.17, 15) is 0 Å². The van der Waals surface area contributed by atoms with Crippen LogP contribution in [-0.2, 0) is 6.54 Å². The molecular weight excluding hydrogens is 252 g/mol. The Balaban J connectivity index is 2.45.